The molecule has 26 heavy (non-hydrogen) atoms. The fraction of sp³-hybridized carbons (Fsp3) is 0.222. The van der Waals surface area contributed by atoms with Gasteiger partial charge in [0.05, 0.1) is 13.2 Å². The Bertz CT molecular complexity index is 895. The second-order valence-electron chi connectivity index (χ2n) is 5.72. The van der Waals surface area contributed by atoms with E-state index in [-0.39, 0.29) is 24.3 Å². The smallest absolute Gasteiger partial charge is 0.244 e. The highest BCUT2D eigenvalue weighted by atomic mass is 19.1. The molecule has 3 aromatic rings. The summed E-state index contributed by atoms with van der Waals surface area (Å²) in [6.07, 6.45) is 0. The molecule has 0 radical (unpaired) electrons. The lowest BCUT2D eigenvalue weighted by Crippen LogP contribution is -2.30. The van der Waals surface area contributed by atoms with Crippen LogP contribution in [0.5, 0.6) is 5.75 Å². The topological polar surface area (TPSA) is 81.9 Å². The maximum atomic E-state index is 13.0. The van der Waals surface area contributed by atoms with Crippen LogP contribution in [0.3, 0.4) is 0 Å². The number of ether oxygens (including phenoxy) is 1. The molecule has 0 aliphatic rings. The molecule has 0 unspecified atom stereocenters. The average Bonchev–Trinajstić information content (AvgIpc) is 3.10. The van der Waals surface area contributed by atoms with Gasteiger partial charge in [-0.1, -0.05) is 24.3 Å². The van der Waals surface area contributed by atoms with Crippen molar-refractivity contribution in [1.29, 1.82) is 0 Å². The maximum Gasteiger partial charge on any atom is 0.244 e. The molecule has 1 N–H and O–H groups in total. The number of nitrogens with one attached hydrogen (secondary N) is 1. The van der Waals surface area contributed by atoms with E-state index in [2.05, 4.69) is 20.7 Å². The zero-order chi connectivity index (χ0) is 18.5. The van der Waals surface area contributed by atoms with Crippen LogP contribution < -0.4 is 10.1 Å². The average molecular weight is 355 g/mol. The molecular formula is C18H18FN5O2. The van der Waals surface area contributed by atoms with E-state index in [1.54, 1.807) is 25.3 Å². The molecule has 1 aromatic heterocycles. The highest BCUT2D eigenvalue weighted by molar-refractivity contribution is 5.76. The van der Waals surface area contributed by atoms with Gasteiger partial charge in [0.15, 0.2) is 0 Å². The second kappa shape index (κ2) is 7.73. The van der Waals surface area contributed by atoms with Gasteiger partial charge < -0.3 is 10.1 Å². The van der Waals surface area contributed by atoms with Gasteiger partial charge in [-0.3, -0.25) is 4.79 Å². The highest BCUT2D eigenvalue weighted by Gasteiger charge is 2.13. The van der Waals surface area contributed by atoms with Gasteiger partial charge >= 0.3 is 0 Å². The van der Waals surface area contributed by atoms with Crippen LogP contribution in [-0.4, -0.2) is 33.2 Å². The van der Waals surface area contributed by atoms with Gasteiger partial charge in [0.1, 0.15) is 18.1 Å². The number of aromatic nitrogens is 4. The molecule has 0 saturated carbocycles. The van der Waals surface area contributed by atoms with E-state index in [9.17, 15) is 9.18 Å². The summed E-state index contributed by atoms with van der Waals surface area (Å²) in [5, 5.41) is 14.9. The number of hydrogen-bond donors (Lipinski definition) is 1. The van der Waals surface area contributed by atoms with Crippen LogP contribution in [0.1, 0.15) is 18.5 Å². The third kappa shape index (κ3) is 4.21. The fourth-order valence-electron chi connectivity index (χ4n) is 2.44. The van der Waals surface area contributed by atoms with Crippen molar-refractivity contribution < 1.29 is 13.9 Å². The summed E-state index contributed by atoms with van der Waals surface area (Å²) in [7, 11) is 1.58. The van der Waals surface area contributed by atoms with E-state index < -0.39 is 0 Å². The summed E-state index contributed by atoms with van der Waals surface area (Å²) in [6.45, 7) is 1.75. The van der Waals surface area contributed by atoms with E-state index in [4.69, 9.17) is 4.74 Å². The van der Waals surface area contributed by atoms with Gasteiger partial charge in [0.25, 0.3) is 0 Å². The first kappa shape index (κ1) is 17.5. The summed E-state index contributed by atoms with van der Waals surface area (Å²) in [5.74, 6) is 0.508. The van der Waals surface area contributed by atoms with Crippen molar-refractivity contribution in [2.75, 3.05) is 7.11 Å². The Morgan fingerprint density at radius 2 is 2.04 bits per heavy atom. The minimum atomic E-state index is -0.316. The fourth-order valence-corrected chi connectivity index (χ4v) is 2.44. The summed E-state index contributed by atoms with van der Waals surface area (Å²) >= 11 is 0. The summed E-state index contributed by atoms with van der Waals surface area (Å²) in [4.78, 5) is 13.4. The van der Waals surface area contributed by atoms with Gasteiger partial charge in [-0.05, 0) is 42.0 Å². The van der Waals surface area contributed by atoms with Crippen molar-refractivity contribution in [2.45, 2.75) is 19.5 Å². The number of hydrogen-bond acceptors (Lipinski definition) is 5. The molecule has 0 bridgehead atoms. The van der Waals surface area contributed by atoms with Crippen molar-refractivity contribution in [2.24, 2.45) is 0 Å². The Hall–Kier alpha value is -3.29. The van der Waals surface area contributed by atoms with Crippen molar-refractivity contribution in [3.05, 3.63) is 59.9 Å². The molecule has 7 nitrogen and oxygen atoms in total. The molecule has 1 heterocycles. The predicted molar refractivity (Wildman–Crippen MR) is 92.8 cm³/mol. The normalized spacial score (nSPS) is 11.8. The number of amides is 1. The standard InChI is InChI=1S/C18H18FN5O2/c1-12(13-6-8-15(19)9-7-13)20-17(25)11-24-22-18(21-23-24)14-4-3-5-16(10-14)26-2/h3-10,12H,11H2,1-2H3,(H,20,25)/t12-/m0/s1. The first-order chi connectivity index (χ1) is 12.5. The molecule has 1 atom stereocenters. The van der Waals surface area contributed by atoms with E-state index in [1.165, 1.54) is 16.9 Å². The molecule has 0 spiro atoms. The molecule has 8 heteroatoms. The molecule has 3 rings (SSSR count). The third-order valence-electron chi connectivity index (χ3n) is 3.81. The van der Waals surface area contributed by atoms with Gasteiger partial charge in [0, 0.05) is 5.56 Å². The number of benzene rings is 2. The number of methoxy groups -OCH3 is 1. The summed E-state index contributed by atoms with van der Waals surface area (Å²) in [5.41, 5.74) is 1.55. The van der Waals surface area contributed by atoms with Crippen molar-refractivity contribution in [1.82, 2.24) is 25.5 Å². The van der Waals surface area contributed by atoms with Crippen LogP contribution in [0.15, 0.2) is 48.5 Å². The quantitative estimate of drug-likeness (QED) is 0.734. The first-order valence-corrected chi connectivity index (χ1v) is 8.02. The SMILES string of the molecule is COc1cccc(-c2nnn(CC(=O)N[C@@H](C)c3ccc(F)cc3)n2)c1. The number of carbonyl (C=O) groups is 1. The van der Waals surface area contributed by atoms with Crippen LogP contribution in [-0.2, 0) is 11.3 Å². The molecule has 134 valence electrons. The predicted octanol–water partition coefficient (Wildman–Crippen LogP) is 2.37. The first-order valence-electron chi connectivity index (χ1n) is 8.02. The van der Waals surface area contributed by atoms with E-state index in [0.29, 0.717) is 11.6 Å². The zero-order valence-electron chi connectivity index (χ0n) is 14.4. The maximum absolute atomic E-state index is 13.0. The molecule has 0 fully saturated rings. The molecule has 2 aromatic carbocycles. The van der Waals surface area contributed by atoms with Crippen LogP contribution in [0.25, 0.3) is 11.4 Å². The lowest BCUT2D eigenvalue weighted by atomic mass is 10.1. The molecule has 0 aliphatic carbocycles. The van der Waals surface area contributed by atoms with E-state index in [0.717, 1.165) is 11.1 Å². The van der Waals surface area contributed by atoms with Crippen LogP contribution in [0, 0.1) is 5.82 Å². The molecular weight excluding hydrogens is 337 g/mol. The molecule has 1 amide bonds. The van der Waals surface area contributed by atoms with Crippen molar-refractivity contribution in [3.8, 4) is 17.1 Å². The Balaban J connectivity index is 1.63. The number of rotatable bonds is 6. The van der Waals surface area contributed by atoms with Crippen LogP contribution in [0.4, 0.5) is 4.39 Å². The van der Waals surface area contributed by atoms with Gasteiger partial charge in [-0.15, -0.1) is 10.2 Å². The zero-order valence-corrected chi connectivity index (χ0v) is 14.4. The monoisotopic (exact) mass is 355 g/mol. The number of tetrazole rings is 1. The van der Waals surface area contributed by atoms with Crippen LogP contribution in [0.2, 0.25) is 0 Å². The van der Waals surface area contributed by atoms with Gasteiger partial charge in [-0.25, -0.2) is 4.39 Å². The third-order valence-corrected chi connectivity index (χ3v) is 3.81. The number of halogens is 1. The Morgan fingerprint density at radius 1 is 1.27 bits per heavy atom. The van der Waals surface area contributed by atoms with Gasteiger partial charge in [0.2, 0.25) is 11.7 Å². The minimum Gasteiger partial charge on any atom is -0.497 e. The van der Waals surface area contributed by atoms with Crippen molar-refractivity contribution in [3.63, 3.8) is 0 Å². The molecule has 0 aliphatic heterocycles. The van der Waals surface area contributed by atoms with E-state index in [1.807, 2.05) is 25.1 Å². The van der Waals surface area contributed by atoms with E-state index >= 15 is 0 Å². The lowest BCUT2D eigenvalue weighted by Gasteiger charge is -2.13. The molecule has 0 saturated heterocycles. The Morgan fingerprint density at radius 3 is 2.77 bits per heavy atom. The lowest BCUT2D eigenvalue weighted by molar-refractivity contribution is -0.122. The van der Waals surface area contributed by atoms with Crippen LogP contribution >= 0.6 is 0 Å². The summed E-state index contributed by atoms with van der Waals surface area (Å²) in [6, 6.07) is 13.0. The Kier molecular flexibility index (Phi) is 5.21. The van der Waals surface area contributed by atoms with Gasteiger partial charge in [-0.2, -0.15) is 4.80 Å². The minimum absolute atomic E-state index is 0.0670. The van der Waals surface area contributed by atoms with Crippen molar-refractivity contribution >= 4 is 5.91 Å². The number of carbonyl (C=O) groups excluding carboxylic acids is 1. The Labute approximate surface area is 149 Å². The number of nitrogens with zero attached hydrogens (tertiary/aromatic N) is 4. The largest absolute Gasteiger partial charge is 0.497 e. The second-order valence-corrected chi connectivity index (χ2v) is 5.72. The summed E-state index contributed by atoms with van der Waals surface area (Å²) < 4.78 is 18.1. The highest BCUT2D eigenvalue weighted by Crippen LogP contribution is 2.19.